The fourth-order valence-electron chi connectivity index (χ4n) is 2.84. The van der Waals surface area contributed by atoms with Crippen LogP contribution in [0.4, 0.5) is 0 Å². The van der Waals surface area contributed by atoms with E-state index in [1.54, 1.807) is 6.92 Å². The summed E-state index contributed by atoms with van der Waals surface area (Å²) in [6.07, 6.45) is 11.6. The SMILES string of the molecule is CC/C=C/CCCC1N=CC[N+]1(CC)CCNC(C)=O. The maximum Gasteiger partial charge on any atom is 0.217 e. The summed E-state index contributed by atoms with van der Waals surface area (Å²) in [4.78, 5) is 15.7. The Labute approximate surface area is 123 Å². The van der Waals surface area contributed by atoms with Gasteiger partial charge < -0.3 is 5.32 Å². The molecule has 0 bridgehead atoms. The maximum atomic E-state index is 11.0. The van der Waals surface area contributed by atoms with Crippen molar-refractivity contribution in [3.63, 3.8) is 0 Å². The van der Waals surface area contributed by atoms with Gasteiger partial charge in [-0.2, -0.15) is 0 Å². The van der Waals surface area contributed by atoms with Crippen LogP contribution < -0.4 is 5.32 Å². The summed E-state index contributed by atoms with van der Waals surface area (Å²) >= 11 is 0. The van der Waals surface area contributed by atoms with Crippen LogP contribution in [0.3, 0.4) is 0 Å². The molecule has 1 rings (SSSR count). The predicted octanol–water partition coefficient (Wildman–Crippen LogP) is 2.51. The van der Waals surface area contributed by atoms with Crippen LogP contribution in [-0.2, 0) is 4.79 Å². The Morgan fingerprint density at radius 2 is 2.25 bits per heavy atom. The van der Waals surface area contributed by atoms with Crippen molar-refractivity contribution >= 4 is 12.1 Å². The van der Waals surface area contributed by atoms with Crippen LogP contribution in [0.1, 0.15) is 46.5 Å². The fraction of sp³-hybridized carbons (Fsp3) is 0.750. The molecule has 2 atom stereocenters. The maximum absolute atomic E-state index is 11.0. The molecule has 114 valence electrons. The zero-order valence-corrected chi connectivity index (χ0v) is 13.3. The molecule has 2 unspecified atom stereocenters. The van der Waals surface area contributed by atoms with E-state index in [0.717, 1.165) is 49.9 Å². The normalized spacial score (nSPS) is 25.4. The first-order valence-corrected chi connectivity index (χ1v) is 7.91. The Balaban J connectivity index is 2.43. The number of rotatable bonds is 9. The fourth-order valence-corrected chi connectivity index (χ4v) is 2.84. The molecule has 1 aliphatic rings. The van der Waals surface area contributed by atoms with Gasteiger partial charge in [0.2, 0.25) is 5.91 Å². The van der Waals surface area contributed by atoms with Crippen molar-refractivity contribution in [2.24, 2.45) is 4.99 Å². The summed E-state index contributed by atoms with van der Waals surface area (Å²) in [5.74, 6) is 0.0561. The van der Waals surface area contributed by atoms with Gasteiger partial charge in [0.1, 0.15) is 6.54 Å². The average Bonchev–Trinajstić information content (AvgIpc) is 2.82. The molecular weight excluding hydrogens is 250 g/mol. The summed E-state index contributed by atoms with van der Waals surface area (Å²) in [6, 6.07) is 0. The van der Waals surface area contributed by atoms with Crippen molar-refractivity contribution < 1.29 is 9.28 Å². The summed E-state index contributed by atoms with van der Waals surface area (Å²) in [5.41, 5.74) is 0. The molecule has 0 radical (unpaired) electrons. The van der Waals surface area contributed by atoms with E-state index in [2.05, 4.69) is 42.5 Å². The molecule has 0 saturated heterocycles. The molecule has 0 aromatic heterocycles. The number of aliphatic imine (C=N–C) groups is 1. The molecule has 1 heterocycles. The summed E-state index contributed by atoms with van der Waals surface area (Å²) in [6.45, 7) is 9.78. The Morgan fingerprint density at radius 3 is 2.90 bits per heavy atom. The van der Waals surface area contributed by atoms with E-state index in [1.165, 1.54) is 6.42 Å². The van der Waals surface area contributed by atoms with Gasteiger partial charge in [0.15, 0.2) is 6.17 Å². The predicted molar refractivity (Wildman–Crippen MR) is 84.8 cm³/mol. The number of carbonyl (C=O) groups excluding carboxylic acids is 1. The molecule has 1 amide bonds. The first-order chi connectivity index (χ1) is 9.64. The van der Waals surface area contributed by atoms with Gasteiger partial charge in [-0.25, -0.2) is 4.99 Å². The zero-order valence-electron chi connectivity index (χ0n) is 13.3. The van der Waals surface area contributed by atoms with Crippen molar-refractivity contribution in [1.29, 1.82) is 0 Å². The van der Waals surface area contributed by atoms with Crippen LogP contribution >= 0.6 is 0 Å². The van der Waals surface area contributed by atoms with Crippen molar-refractivity contribution in [2.75, 3.05) is 26.2 Å². The third-order valence-corrected chi connectivity index (χ3v) is 4.15. The Morgan fingerprint density at radius 1 is 1.45 bits per heavy atom. The van der Waals surface area contributed by atoms with Gasteiger partial charge in [0, 0.05) is 13.3 Å². The van der Waals surface area contributed by atoms with E-state index in [1.807, 2.05) is 0 Å². The third-order valence-electron chi connectivity index (χ3n) is 4.15. The molecule has 0 aromatic carbocycles. The molecule has 0 aliphatic carbocycles. The smallest absolute Gasteiger partial charge is 0.217 e. The highest BCUT2D eigenvalue weighted by Gasteiger charge is 2.37. The number of nitrogens with one attached hydrogen (secondary N) is 1. The number of unbranched alkanes of at least 4 members (excludes halogenated alkanes) is 1. The van der Waals surface area contributed by atoms with Crippen LogP contribution in [0.2, 0.25) is 0 Å². The number of allylic oxidation sites excluding steroid dienone is 2. The molecule has 1 aliphatic heterocycles. The van der Waals surface area contributed by atoms with Crippen molar-refractivity contribution in [1.82, 2.24) is 5.32 Å². The lowest BCUT2D eigenvalue weighted by Crippen LogP contribution is -2.55. The van der Waals surface area contributed by atoms with E-state index in [0.29, 0.717) is 6.17 Å². The molecule has 0 fully saturated rings. The molecule has 0 spiro atoms. The van der Waals surface area contributed by atoms with E-state index >= 15 is 0 Å². The topological polar surface area (TPSA) is 41.5 Å². The standard InChI is InChI=1S/C16H29N3O/c1-4-6-7-8-9-10-16-18-12-14-19(16,5-2)13-11-17-15(3)20/h6-7,12,16H,4-5,8-11,13-14H2,1-3H3/p+1/b7-6+. The number of hydrogen-bond acceptors (Lipinski definition) is 2. The van der Waals surface area contributed by atoms with Gasteiger partial charge in [0.05, 0.1) is 25.8 Å². The summed E-state index contributed by atoms with van der Waals surface area (Å²) in [5, 5.41) is 2.91. The van der Waals surface area contributed by atoms with Gasteiger partial charge in [-0.3, -0.25) is 9.28 Å². The Hall–Kier alpha value is -1.16. The van der Waals surface area contributed by atoms with Crippen molar-refractivity contribution in [2.45, 2.75) is 52.6 Å². The Kier molecular flexibility index (Phi) is 7.52. The molecule has 4 heteroatoms. The highest BCUT2D eigenvalue weighted by molar-refractivity contribution is 5.72. The van der Waals surface area contributed by atoms with Crippen molar-refractivity contribution in [3.8, 4) is 0 Å². The number of quaternary nitrogens is 1. The molecule has 1 N–H and O–H groups in total. The minimum atomic E-state index is 0.0561. The first-order valence-electron chi connectivity index (χ1n) is 7.91. The van der Waals surface area contributed by atoms with Crippen LogP contribution in [0.15, 0.2) is 17.1 Å². The Bertz CT molecular complexity index is 352. The van der Waals surface area contributed by atoms with Gasteiger partial charge in [-0.1, -0.05) is 19.1 Å². The lowest BCUT2D eigenvalue weighted by Gasteiger charge is -2.38. The average molecular weight is 280 g/mol. The number of nitrogens with zero attached hydrogens (tertiary/aromatic N) is 2. The molecule has 20 heavy (non-hydrogen) atoms. The first kappa shape index (κ1) is 16.9. The quantitative estimate of drug-likeness (QED) is 0.393. The minimum absolute atomic E-state index is 0.0561. The second-order valence-corrected chi connectivity index (χ2v) is 5.55. The second kappa shape index (κ2) is 8.90. The second-order valence-electron chi connectivity index (χ2n) is 5.55. The van der Waals surface area contributed by atoms with E-state index < -0.39 is 0 Å². The summed E-state index contributed by atoms with van der Waals surface area (Å²) < 4.78 is 0.998. The third kappa shape index (κ3) is 5.08. The molecule has 0 aromatic rings. The zero-order chi connectivity index (χ0) is 14.8. The van der Waals surface area contributed by atoms with E-state index in [-0.39, 0.29) is 5.91 Å². The molecule has 4 nitrogen and oxygen atoms in total. The molecule has 0 saturated carbocycles. The number of amides is 1. The number of carbonyl (C=O) groups is 1. The van der Waals surface area contributed by atoms with Crippen LogP contribution in [0, 0.1) is 0 Å². The number of hydrogen-bond donors (Lipinski definition) is 1. The highest BCUT2D eigenvalue weighted by Crippen LogP contribution is 2.23. The minimum Gasteiger partial charge on any atom is -0.351 e. The van der Waals surface area contributed by atoms with E-state index in [4.69, 9.17) is 0 Å². The lowest BCUT2D eigenvalue weighted by atomic mass is 10.1. The largest absolute Gasteiger partial charge is 0.351 e. The van der Waals surface area contributed by atoms with E-state index in [9.17, 15) is 4.79 Å². The number of likely N-dealkylation sites (N-methyl/N-ethyl adjacent to an activating group) is 1. The summed E-state index contributed by atoms with van der Waals surface area (Å²) in [7, 11) is 0. The highest BCUT2D eigenvalue weighted by atomic mass is 16.1. The van der Waals surface area contributed by atoms with Gasteiger partial charge in [-0.05, 0) is 26.2 Å². The van der Waals surface area contributed by atoms with Crippen LogP contribution in [0.25, 0.3) is 0 Å². The van der Waals surface area contributed by atoms with Gasteiger partial charge in [-0.15, -0.1) is 0 Å². The van der Waals surface area contributed by atoms with Crippen LogP contribution in [-0.4, -0.2) is 48.9 Å². The van der Waals surface area contributed by atoms with Crippen LogP contribution in [0.5, 0.6) is 0 Å². The lowest BCUT2D eigenvalue weighted by molar-refractivity contribution is -0.935. The van der Waals surface area contributed by atoms with Crippen molar-refractivity contribution in [3.05, 3.63) is 12.2 Å². The van der Waals surface area contributed by atoms with Gasteiger partial charge >= 0.3 is 0 Å². The van der Waals surface area contributed by atoms with Gasteiger partial charge in [0.25, 0.3) is 0 Å². The monoisotopic (exact) mass is 280 g/mol. The molecular formula is C16H30N3O+.